The lowest BCUT2D eigenvalue weighted by molar-refractivity contribution is -0.00882. The summed E-state index contributed by atoms with van der Waals surface area (Å²) in [5, 5.41) is 0. The lowest BCUT2D eigenvalue weighted by Gasteiger charge is -2.29. The Kier molecular flexibility index (Phi) is 3.42. The van der Waals surface area contributed by atoms with E-state index in [0.29, 0.717) is 0 Å². The zero-order valence-electron chi connectivity index (χ0n) is 9.54. The number of hydrogen-bond donors (Lipinski definition) is 0. The van der Waals surface area contributed by atoms with Gasteiger partial charge in [0.2, 0.25) is 0 Å². The van der Waals surface area contributed by atoms with Gasteiger partial charge in [-0.05, 0) is 24.8 Å². The molecular weight excluding hydrogens is 184 g/mol. The maximum absolute atomic E-state index is 6.03. The van der Waals surface area contributed by atoms with Crippen molar-refractivity contribution in [3.05, 3.63) is 35.9 Å². The Labute approximate surface area is 92.5 Å². The third-order valence-electron chi connectivity index (χ3n) is 3.34. The summed E-state index contributed by atoms with van der Waals surface area (Å²) in [5.41, 5.74) is 1.41. The maximum atomic E-state index is 6.03. The summed E-state index contributed by atoms with van der Waals surface area (Å²) in [7, 11) is 0. The molecule has 1 fully saturated rings. The zero-order valence-corrected chi connectivity index (χ0v) is 9.54. The van der Waals surface area contributed by atoms with Crippen molar-refractivity contribution in [1.82, 2.24) is 0 Å². The Bertz CT molecular complexity index is 285. The van der Waals surface area contributed by atoms with E-state index in [4.69, 9.17) is 4.74 Å². The maximum Gasteiger partial charge on any atom is 0.0932 e. The molecule has 1 aromatic carbocycles. The molecule has 0 amide bonds. The highest BCUT2D eigenvalue weighted by molar-refractivity contribution is 5.23. The quantitative estimate of drug-likeness (QED) is 0.723. The molecule has 1 nitrogen and oxygen atoms in total. The fourth-order valence-electron chi connectivity index (χ4n) is 2.47. The van der Waals surface area contributed by atoms with Crippen LogP contribution in [0.3, 0.4) is 0 Å². The summed E-state index contributed by atoms with van der Waals surface area (Å²) < 4.78 is 6.03. The highest BCUT2D eigenvalue weighted by atomic mass is 16.5. The molecule has 1 heteroatoms. The zero-order chi connectivity index (χ0) is 10.6. The van der Waals surface area contributed by atoms with Gasteiger partial charge >= 0.3 is 0 Å². The average Bonchev–Trinajstić information content (AvgIpc) is 2.78. The summed E-state index contributed by atoms with van der Waals surface area (Å²) in [6, 6.07) is 10.7. The van der Waals surface area contributed by atoms with Gasteiger partial charge in [0.25, 0.3) is 0 Å². The van der Waals surface area contributed by atoms with Crippen molar-refractivity contribution in [2.45, 2.75) is 44.6 Å². The van der Waals surface area contributed by atoms with Gasteiger partial charge in [0.1, 0.15) is 0 Å². The number of rotatable bonds is 4. The first-order chi connectivity index (χ1) is 7.37. The molecule has 1 heterocycles. The largest absolute Gasteiger partial charge is 0.370 e. The van der Waals surface area contributed by atoms with E-state index in [-0.39, 0.29) is 5.60 Å². The standard InChI is InChI=1S/C14H20O/c1-2-3-10-14(11-7-12-15-14)13-8-5-4-6-9-13/h4-6,8-9H,2-3,7,10-12H2,1H3. The second-order valence-electron chi connectivity index (χ2n) is 4.42. The molecule has 0 aromatic heterocycles. The van der Waals surface area contributed by atoms with E-state index in [9.17, 15) is 0 Å². The lowest BCUT2D eigenvalue weighted by atomic mass is 9.86. The van der Waals surface area contributed by atoms with E-state index in [1.54, 1.807) is 0 Å². The van der Waals surface area contributed by atoms with Crippen LogP contribution in [0, 0.1) is 0 Å². The molecule has 0 radical (unpaired) electrons. The van der Waals surface area contributed by atoms with E-state index < -0.39 is 0 Å². The number of benzene rings is 1. The molecule has 15 heavy (non-hydrogen) atoms. The Morgan fingerprint density at radius 2 is 2.07 bits per heavy atom. The van der Waals surface area contributed by atoms with Gasteiger partial charge in [-0.2, -0.15) is 0 Å². The summed E-state index contributed by atoms with van der Waals surface area (Å²) in [6.07, 6.45) is 6.08. The molecule has 0 bridgehead atoms. The Balaban J connectivity index is 2.19. The van der Waals surface area contributed by atoms with Crippen LogP contribution < -0.4 is 0 Å². The fraction of sp³-hybridized carbons (Fsp3) is 0.571. The molecular formula is C14H20O. The van der Waals surface area contributed by atoms with Crippen LogP contribution in [0.5, 0.6) is 0 Å². The minimum absolute atomic E-state index is 0.0390. The smallest absolute Gasteiger partial charge is 0.0932 e. The van der Waals surface area contributed by atoms with Gasteiger partial charge in [-0.15, -0.1) is 0 Å². The third kappa shape index (κ3) is 2.23. The predicted octanol–water partition coefficient (Wildman–Crippen LogP) is 3.88. The molecule has 1 saturated heterocycles. The van der Waals surface area contributed by atoms with Crippen LogP contribution in [0.15, 0.2) is 30.3 Å². The van der Waals surface area contributed by atoms with Crippen LogP contribution in [0.2, 0.25) is 0 Å². The number of ether oxygens (including phenoxy) is 1. The van der Waals surface area contributed by atoms with Gasteiger partial charge in [0, 0.05) is 6.61 Å². The number of hydrogen-bond acceptors (Lipinski definition) is 1. The van der Waals surface area contributed by atoms with Gasteiger partial charge in [0.15, 0.2) is 0 Å². The Morgan fingerprint density at radius 1 is 1.27 bits per heavy atom. The summed E-state index contributed by atoms with van der Waals surface area (Å²) in [6.45, 7) is 3.17. The molecule has 0 spiro atoms. The van der Waals surface area contributed by atoms with E-state index in [1.807, 2.05) is 0 Å². The predicted molar refractivity (Wildman–Crippen MR) is 62.8 cm³/mol. The van der Waals surface area contributed by atoms with E-state index in [2.05, 4.69) is 37.3 Å². The van der Waals surface area contributed by atoms with Crippen molar-refractivity contribution in [1.29, 1.82) is 0 Å². The average molecular weight is 204 g/mol. The molecule has 1 unspecified atom stereocenters. The molecule has 1 aromatic rings. The van der Waals surface area contributed by atoms with Crippen molar-refractivity contribution < 1.29 is 4.74 Å². The molecule has 1 atom stereocenters. The molecule has 82 valence electrons. The summed E-state index contributed by atoms with van der Waals surface area (Å²) in [5.74, 6) is 0. The lowest BCUT2D eigenvalue weighted by Crippen LogP contribution is -2.24. The first-order valence-corrected chi connectivity index (χ1v) is 6.07. The monoisotopic (exact) mass is 204 g/mol. The molecule has 0 N–H and O–H groups in total. The van der Waals surface area contributed by atoms with Crippen LogP contribution in [0.4, 0.5) is 0 Å². The molecule has 1 aliphatic heterocycles. The summed E-state index contributed by atoms with van der Waals surface area (Å²) >= 11 is 0. The van der Waals surface area contributed by atoms with Gasteiger partial charge in [0.05, 0.1) is 5.60 Å². The van der Waals surface area contributed by atoms with Gasteiger partial charge in [-0.25, -0.2) is 0 Å². The van der Waals surface area contributed by atoms with E-state index in [0.717, 1.165) is 6.61 Å². The van der Waals surface area contributed by atoms with E-state index in [1.165, 1.54) is 37.7 Å². The molecule has 1 aliphatic rings. The molecule has 0 saturated carbocycles. The minimum atomic E-state index is 0.0390. The summed E-state index contributed by atoms with van der Waals surface area (Å²) in [4.78, 5) is 0. The topological polar surface area (TPSA) is 9.23 Å². The van der Waals surface area contributed by atoms with Crippen LogP contribution in [0.25, 0.3) is 0 Å². The van der Waals surface area contributed by atoms with Crippen LogP contribution >= 0.6 is 0 Å². The Hall–Kier alpha value is -0.820. The first kappa shape index (κ1) is 10.7. The molecule has 2 rings (SSSR count). The third-order valence-corrected chi connectivity index (χ3v) is 3.34. The first-order valence-electron chi connectivity index (χ1n) is 6.07. The Morgan fingerprint density at radius 3 is 2.67 bits per heavy atom. The highest BCUT2D eigenvalue weighted by Crippen LogP contribution is 2.40. The van der Waals surface area contributed by atoms with Crippen molar-refractivity contribution in [2.75, 3.05) is 6.61 Å². The number of unbranched alkanes of at least 4 members (excludes halogenated alkanes) is 1. The second-order valence-corrected chi connectivity index (χ2v) is 4.42. The van der Waals surface area contributed by atoms with Gasteiger partial charge < -0.3 is 4.74 Å². The van der Waals surface area contributed by atoms with Crippen LogP contribution in [0.1, 0.15) is 44.6 Å². The van der Waals surface area contributed by atoms with Crippen molar-refractivity contribution >= 4 is 0 Å². The highest BCUT2D eigenvalue weighted by Gasteiger charge is 2.35. The minimum Gasteiger partial charge on any atom is -0.370 e. The normalized spacial score (nSPS) is 25.7. The SMILES string of the molecule is CCCCC1(c2ccccc2)CCCO1. The van der Waals surface area contributed by atoms with E-state index >= 15 is 0 Å². The van der Waals surface area contributed by atoms with Crippen LogP contribution in [-0.2, 0) is 10.3 Å². The van der Waals surface area contributed by atoms with Crippen molar-refractivity contribution in [2.24, 2.45) is 0 Å². The fourth-order valence-corrected chi connectivity index (χ4v) is 2.47. The van der Waals surface area contributed by atoms with Crippen molar-refractivity contribution in [3.8, 4) is 0 Å². The second kappa shape index (κ2) is 4.80. The molecule has 0 aliphatic carbocycles. The van der Waals surface area contributed by atoms with Gasteiger partial charge in [-0.3, -0.25) is 0 Å². The van der Waals surface area contributed by atoms with Gasteiger partial charge in [-0.1, -0.05) is 50.1 Å². The van der Waals surface area contributed by atoms with Crippen molar-refractivity contribution in [3.63, 3.8) is 0 Å². The van der Waals surface area contributed by atoms with Crippen LogP contribution in [-0.4, -0.2) is 6.61 Å².